The van der Waals surface area contributed by atoms with Crippen molar-refractivity contribution in [2.24, 2.45) is 0 Å². The highest BCUT2D eigenvalue weighted by Crippen LogP contribution is 2.39. The average molecular weight is 309 g/mol. The lowest BCUT2D eigenvalue weighted by molar-refractivity contribution is -0.116. The van der Waals surface area contributed by atoms with Crippen LogP contribution >= 0.6 is 11.8 Å². The van der Waals surface area contributed by atoms with Crippen LogP contribution in [0.25, 0.3) is 0 Å². The fourth-order valence-corrected chi connectivity index (χ4v) is 4.35. The number of methoxy groups -OCH3 is 1. The fraction of sp³-hybridized carbons (Fsp3) is 0.625. The van der Waals surface area contributed by atoms with Crippen molar-refractivity contribution in [3.05, 3.63) is 18.2 Å². The molecule has 1 aromatic rings. The Morgan fingerprint density at radius 2 is 2.14 bits per heavy atom. The predicted octanol–water partition coefficient (Wildman–Crippen LogP) is 3.10. The Kier molecular flexibility index (Phi) is 4.50. The minimum atomic E-state index is 0.0371. The Balaban J connectivity index is 1.67. The minimum Gasteiger partial charge on any atom is -0.497 e. The molecule has 1 unspecified atom stereocenters. The summed E-state index contributed by atoms with van der Waals surface area (Å²) in [5, 5.41) is 0. The van der Waals surface area contributed by atoms with E-state index in [1.807, 2.05) is 30.0 Å². The number of anilines is 1. The van der Waals surface area contributed by atoms with Crippen LogP contribution in [0.3, 0.4) is 0 Å². The molecule has 1 atom stereocenters. The topological polar surface area (TPSA) is 53.7 Å². The Hall–Kier alpha value is -1.07. The second-order valence-corrected chi connectivity index (χ2v) is 7.01. The van der Waals surface area contributed by atoms with Crippen LogP contribution in [-0.4, -0.2) is 36.9 Å². The molecule has 0 aliphatic carbocycles. The number of thioether (sulfide) groups is 1. The van der Waals surface area contributed by atoms with Crippen molar-refractivity contribution < 1.29 is 14.2 Å². The van der Waals surface area contributed by atoms with Gasteiger partial charge in [0.05, 0.1) is 25.0 Å². The summed E-state index contributed by atoms with van der Waals surface area (Å²) in [5.41, 5.74) is 6.72. The van der Waals surface area contributed by atoms with Crippen molar-refractivity contribution in [2.45, 2.75) is 37.4 Å². The molecule has 0 saturated carbocycles. The Labute approximate surface area is 130 Å². The molecule has 2 fully saturated rings. The second-order valence-electron chi connectivity index (χ2n) is 5.78. The van der Waals surface area contributed by atoms with Gasteiger partial charge in [-0.3, -0.25) is 0 Å². The highest BCUT2D eigenvalue weighted by molar-refractivity contribution is 7.99. The zero-order valence-electron chi connectivity index (χ0n) is 12.5. The zero-order chi connectivity index (χ0) is 14.7. The first-order valence-electron chi connectivity index (χ1n) is 7.53. The maximum Gasteiger partial charge on any atom is 0.142 e. The summed E-state index contributed by atoms with van der Waals surface area (Å²) in [7, 11) is 1.64. The third-order valence-electron chi connectivity index (χ3n) is 4.36. The molecular formula is C16H23NO3S. The third-order valence-corrected chi connectivity index (χ3v) is 5.35. The number of ether oxygens (including phenoxy) is 3. The minimum absolute atomic E-state index is 0.0371. The first-order chi connectivity index (χ1) is 10.2. The average Bonchev–Trinajstić information content (AvgIpc) is 2.50. The van der Waals surface area contributed by atoms with Gasteiger partial charge >= 0.3 is 0 Å². The highest BCUT2D eigenvalue weighted by Gasteiger charge is 2.39. The van der Waals surface area contributed by atoms with Crippen molar-refractivity contribution in [2.75, 3.05) is 31.0 Å². The fourth-order valence-electron chi connectivity index (χ4n) is 3.12. The molecule has 1 spiro atoms. The van der Waals surface area contributed by atoms with Crippen LogP contribution in [-0.2, 0) is 4.74 Å². The van der Waals surface area contributed by atoms with E-state index in [2.05, 4.69) is 0 Å². The van der Waals surface area contributed by atoms with E-state index in [0.717, 1.165) is 43.8 Å². The lowest BCUT2D eigenvalue weighted by Crippen LogP contribution is -2.46. The van der Waals surface area contributed by atoms with Crippen molar-refractivity contribution >= 4 is 17.4 Å². The van der Waals surface area contributed by atoms with Crippen LogP contribution in [0.2, 0.25) is 0 Å². The Bertz CT molecular complexity index is 483. The second kappa shape index (κ2) is 6.36. The van der Waals surface area contributed by atoms with Gasteiger partial charge < -0.3 is 19.9 Å². The van der Waals surface area contributed by atoms with Crippen LogP contribution in [0.1, 0.15) is 25.7 Å². The van der Waals surface area contributed by atoms with Gasteiger partial charge in [-0.05, 0) is 36.5 Å². The molecule has 2 heterocycles. The van der Waals surface area contributed by atoms with Gasteiger partial charge in [-0.1, -0.05) is 0 Å². The van der Waals surface area contributed by atoms with Crippen LogP contribution in [0.4, 0.5) is 5.69 Å². The third kappa shape index (κ3) is 3.40. The van der Waals surface area contributed by atoms with Crippen LogP contribution in [0, 0.1) is 0 Å². The number of rotatable bonds is 3. The summed E-state index contributed by atoms with van der Waals surface area (Å²) in [6.07, 6.45) is 4.36. The van der Waals surface area contributed by atoms with Gasteiger partial charge in [0.25, 0.3) is 0 Å². The first kappa shape index (κ1) is 14.9. The molecule has 2 saturated heterocycles. The monoisotopic (exact) mass is 309 g/mol. The van der Waals surface area contributed by atoms with Gasteiger partial charge in [0.15, 0.2) is 0 Å². The summed E-state index contributed by atoms with van der Waals surface area (Å²) in [6, 6.07) is 5.59. The van der Waals surface area contributed by atoms with Crippen LogP contribution in [0.15, 0.2) is 18.2 Å². The lowest BCUT2D eigenvalue weighted by atomic mass is 9.86. The molecule has 1 aromatic carbocycles. The molecule has 2 N–H and O–H groups in total. The number of nitrogens with two attached hydrogens (primary N) is 1. The highest BCUT2D eigenvalue weighted by atomic mass is 32.2. The molecule has 116 valence electrons. The zero-order valence-corrected chi connectivity index (χ0v) is 13.3. The predicted molar refractivity (Wildman–Crippen MR) is 86.3 cm³/mol. The lowest BCUT2D eigenvalue weighted by Gasteiger charge is -2.43. The molecule has 0 amide bonds. The Morgan fingerprint density at radius 1 is 1.33 bits per heavy atom. The maximum absolute atomic E-state index is 6.15. The van der Waals surface area contributed by atoms with Gasteiger partial charge in [0.2, 0.25) is 0 Å². The summed E-state index contributed by atoms with van der Waals surface area (Å²) < 4.78 is 17.4. The molecule has 5 heteroatoms. The van der Waals surface area contributed by atoms with E-state index in [1.165, 1.54) is 11.5 Å². The van der Waals surface area contributed by atoms with Crippen molar-refractivity contribution in [3.63, 3.8) is 0 Å². The molecule has 21 heavy (non-hydrogen) atoms. The van der Waals surface area contributed by atoms with Gasteiger partial charge in [-0.2, -0.15) is 11.8 Å². The molecule has 0 radical (unpaired) electrons. The standard InChI is InChI=1S/C16H23NO3S/c1-18-12-2-3-15(14(17)10-12)20-13-4-7-19-16(11-13)5-8-21-9-6-16/h2-3,10,13H,4-9,11,17H2,1H3. The maximum atomic E-state index is 6.15. The van der Waals surface area contributed by atoms with E-state index in [9.17, 15) is 0 Å². The normalized spacial score (nSPS) is 24.7. The van der Waals surface area contributed by atoms with Gasteiger partial charge in [-0.25, -0.2) is 0 Å². The molecule has 4 nitrogen and oxygen atoms in total. The molecule has 2 aliphatic rings. The van der Waals surface area contributed by atoms with Gasteiger partial charge in [0, 0.05) is 18.9 Å². The van der Waals surface area contributed by atoms with E-state index < -0.39 is 0 Å². The molecule has 2 aliphatic heterocycles. The van der Waals surface area contributed by atoms with E-state index in [0.29, 0.717) is 5.69 Å². The molecular weight excluding hydrogens is 286 g/mol. The van der Waals surface area contributed by atoms with E-state index in [1.54, 1.807) is 7.11 Å². The van der Waals surface area contributed by atoms with E-state index in [4.69, 9.17) is 19.9 Å². The summed E-state index contributed by atoms with van der Waals surface area (Å²) >= 11 is 2.02. The first-order valence-corrected chi connectivity index (χ1v) is 8.68. The van der Waals surface area contributed by atoms with Gasteiger partial charge in [-0.15, -0.1) is 0 Å². The molecule has 0 bridgehead atoms. The summed E-state index contributed by atoms with van der Waals surface area (Å²) in [5.74, 6) is 3.89. The largest absolute Gasteiger partial charge is 0.497 e. The number of hydrogen-bond donors (Lipinski definition) is 1. The van der Waals surface area contributed by atoms with Crippen molar-refractivity contribution in [3.8, 4) is 11.5 Å². The summed E-state index contributed by atoms with van der Waals surface area (Å²) in [4.78, 5) is 0. The van der Waals surface area contributed by atoms with Gasteiger partial charge in [0.1, 0.15) is 17.6 Å². The van der Waals surface area contributed by atoms with E-state index >= 15 is 0 Å². The quantitative estimate of drug-likeness (QED) is 0.870. The molecule has 3 rings (SSSR count). The van der Waals surface area contributed by atoms with Crippen LogP contribution < -0.4 is 15.2 Å². The molecule has 0 aromatic heterocycles. The van der Waals surface area contributed by atoms with Crippen LogP contribution in [0.5, 0.6) is 11.5 Å². The van der Waals surface area contributed by atoms with Crippen molar-refractivity contribution in [1.29, 1.82) is 0 Å². The van der Waals surface area contributed by atoms with Crippen molar-refractivity contribution in [1.82, 2.24) is 0 Å². The number of benzene rings is 1. The summed E-state index contributed by atoms with van der Waals surface area (Å²) in [6.45, 7) is 0.783. The number of nitrogen functional groups attached to an aromatic ring is 1. The van der Waals surface area contributed by atoms with E-state index in [-0.39, 0.29) is 11.7 Å². The SMILES string of the molecule is COc1ccc(OC2CCOC3(CCSCC3)C2)c(N)c1. The number of hydrogen-bond acceptors (Lipinski definition) is 5. The smallest absolute Gasteiger partial charge is 0.142 e. The Morgan fingerprint density at radius 3 is 2.86 bits per heavy atom.